The molecule has 0 saturated carbocycles. The summed E-state index contributed by atoms with van der Waals surface area (Å²) in [6, 6.07) is 3.73. The first-order valence-corrected chi connectivity index (χ1v) is 6.13. The van der Waals surface area contributed by atoms with Gasteiger partial charge in [-0.25, -0.2) is 4.98 Å². The van der Waals surface area contributed by atoms with Gasteiger partial charge >= 0.3 is 0 Å². The van der Waals surface area contributed by atoms with E-state index in [0.717, 1.165) is 31.0 Å². The van der Waals surface area contributed by atoms with Crippen LogP contribution in [0.5, 0.6) is 0 Å². The van der Waals surface area contributed by atoms with Gasteiger partial charge < -0.3 is 15.8 Å². The van der Waals surface area contributed by atoms with E-state index >= 15 is 0 Å². The Bertz CT molecular complexity index is 482. The van der Waals surface area contributed by atoms with Gasteiger partial charge in [-0.2, -0.15) is 0 Å². The Labute approximate surface area is 107 Å². The zero-order valence-corrected chi connectivity index (χ0v) is 11.1. The third-order valence-electron chi connectivity index (χ3n) is 3.37. The van der Waals surface area contributed by atoms with Crippen molar-refractivity contribution in [1.29, 1.82) is 0 Å². The lowest BCUT2D eigenvalue weighted by molar-refractivity contribution is 0.318. The molecule has 0 spiro atoms. The molecule has 18 heavy (non-hydrogen) atoms. The van der Waals surface area contributed by atoms with E-state index in [2.05, 4.69) is 28.9 Å². The number of amidine groups is 1. The summed E-state index contributed by atoms with van der Waals surface area (Å²) in [5.41, 5.74) is 7.63. The summed E-state index contributed by atoms with van der Waals surface area (Å²) < 4.78 is 0. The molecule has 1 aliphatic heterocycles. The highest BCUT2D eigenvalue weighted by Crippen LogP contribution is 2.33. The minimum Gasteiger partial charge on any atom is -0.409 e. The van der Waals surface area contributed by atoms with Crippen LogP contribution in [-0.4, -0.2) is 29.1 Å². The number of hydrogen-bond donors (Lipinski definition) is 2. The molecule has 1 aromatic heterocycles. The second-order valence-electron chi connectivity index (χ2n) is 5.64. The van der Waals surface area contributed by atoms with Gasteiger partial charge in [0.2, 0.25) is 0 Å². The summed E-state index contributed by atoms with van der Waals surface area (Å²) in [6.45, 7) is 8.32. The van der Waals surface area contributed by atoms with Gasteiger partial charge in [0.05, 0.1) is 5.56 Å². The molecule has 3 N–H and O–H groups in total. The average Bonchev–Trinajstić information content (AvgIpc) is 2.68. The second kappa shape index (κ2) is 4.48. The molecule has 0 amide bonds. The molecule has 0 aliphatic carbocycles. The lowest BCUT2D eigenvalue weighted by Crippen LogP contribution is -2.27. The summed E-state index contributed by atoms with van der Waals surface area (Å²) in [4.78, 5) is 6.75. The maximum atomic E-state index is 8.84. The standard InChI is InChI=1S/C13H20N4O/c1-9-4-5-10(11(14)16-18)12(15-9)17-7-6-13(2,3)8-17/h4-5,18H,6-8H2,1-3H3,(H2,14,16). The molecule has 0 unspecified atom stereocenters. The number of nitrogens with two attached hydrogens (primary N) is 1. The van der Waals surface area contributed by atoms with Crippen LogP contribution in [0.25, 0.3) is 0 Å². The second-order valence-corrected chi connectivity index (χ2v) is 5.64. The van der Waals surface area contributed by atoms with Crippen LogP contribution in [0, 0.1) is 12.3 Å². The van der Waals surface area contributed by atoms with E-state index in [1.807, 2.05) is 19.1 Å². The smallest absolute Gasteiger partial charge is 0.173 e. The molecule has 1 aromatic rings. The van der Waals surface area contributed by atoms with Gasteiger partial charge in [-0.15, -0.1) is 0 Å². The van der Waals surface area contributed by atoms with E-state index < -0.39 is 0 Å². The van der Waals surface area contributed by atoms with E-state index in [4.69, 9.17) is 10.9 Å². The fourth-order valence-electron chi connectivity index (χ4n) is 2.33. The molecule has 2 rings (SSSR count). The highest BCUT2D eigenvalue weighted by molar-refractivity contribution is 6.01. The Balaban J connectivity index is 2.40. The van der Waals surface area contributed by atoms with Crippen LogP contribution in [0.15, 0.2) is 17.3 Å². The molecule has 0 bridgehead atoms. The molecule has 98 valence electrons. The summed E-state index contributed by atoms with van der Waals surface area (Å²) in [5.74, 6) is 0.929. The van der Waals surface area contributed by atoms with Crippen molar-refractivity contribution in [2.45, 2.75) is 27.2 Å². The van der Waals surface area contributed by atoms with Gasteiger partial charge in [-0.1, -0.05) is 19.0 Å². The lowest BCUT2D eigenvalue weighted by Gasteiger charge is -2.23. The van der Waals surface area contributed by atoms with Crippen LogP contribution < -0.4 is 10.6 Å². The minimum atomic E-state index is 0.113. The van der Waals surface area contributed by atoms with Crippen LogP contribution in [0.4, 0.5) is 5.82 Å². The van der Waals surface area contributed by atoms with Crippen molar-refractivity contribution in [3.63, 3.8) is 0 Å². The van der Waals surface area contributed by atoms with Gasteiger partial charge in [0.25, 0.3) is 0 Å². The highest BCUT2D eigenvalue weighted by Gasteiger charge is 2.31. The fourth-order valence-corrected chi connectivity index (χ4v) is 2.33. The largest absolute Gasteiger partial charge is 0.409 e. The van der Waals surface area contributed by atoms with Crippen LogP contribution in [0.3, 0.4) is 0 Å². The molecule has 1 fully saturated rings. The lowest BCUT2D eigenvalue weighted by atomic mass is 9.93. The van der Waals surface area contributed by atoms with Crippen LogP contribution in [-0.2, 0) is 0 Å². The fraction of sp³-hybridized carbons (Fsp3) is 0.538. The first-order valence-electron chi connectivity index (χ1n) is 6.13. The number of nitrogens with zero attached hydrogens (tertiary/aromatic N) is 3. The number of rotatable bonds is 2. The van der Waals surface area contributed by atoms with Gasteiger partial charge in [-0.3, -0.25) is 0 Å². The van der Waals surface area contributed by atoms with Crippen LogP contribution in [0.2, 0.25) is 0 Å². The predicted molar refractivity (Wildman–Crippen MR) is 72.1 cm³/mol. The summed E-state index contributed by atoms with van der Waals surface area (Å²) in [6.07, 6.45) is 1.12. The molecular weight excluding hydrogens is 228 g/mol. The van der Waals surface area contributed by atoms with E-state index in [9.17, 15) is 0 Å². The van der Waals surface area contributed by atoms with E-state index in [-0.39, 0.29) is 11.3 Å². The molecule has 5 nitrogen and oxygen atoms in total. The van der Waals surface area contributed by atoms with Gasteiger partial charge in [-0.05, 0) is 30.9 Å². The maximum Gasteiger partial charge on any atom is 0.173 e. The van der Waals surface area contributed by atoms with Crippen molar-refractivity contribution in [2.75, 3.05) is 18.0 Å². The van der Waals surface area contributed by atoms with Crippen molar-refractivity contribution in [3.8, 4) is 0 Å². The summed E-state index contributed by atoms with van der Waals surface area (Å²) in [5, 5.41) is 11.9. The first-order chi connectivity index (χ1) is 8.43. The van der Waals surface area contributed by atoms with E-state index in [1.54, 1.807) is 0 Å². The SMILES string of the molecule is Cc1ccc(C(N)=NO)c(N2CCC(C)(C)C2)n1. The van der Waals surface area contributed by atoms with Gasteiger partial charge in [0, 0.05) is 18.8 Å². The summed E-state index contributed by atoms with van der Waals surface area (Å²) in [7, 11) is 0. The number of aryl methyl sites for hydroxylation is 1. The Kier molecular flexibility index (Phi) is 3.15. The van der Waals surface area contributed by atoms with Crippen molar-refractivity contribution >= 4 is 11.7 Å². The normalized spacial score (nSPS) is 19.3. The molecule has 1 aliphatic rings. The van der Waals surface area contributed by atoms with Gasteiger partial charge in [0.15, 0.2) is 5.84 Å². The van der Waals surface area contributed by atoms with Crippen LogP contribution in [0.1, 0.15) is 31.5 Å². The molecule has 2 heterocycles. The summed E-state index contributed by atoms with van der Waals surface area (Å²) >= 11 is 0. The third kappa shape index (κ3) is 2.39. The molecule has 0 atom stereocenters. The average molecular weight is 248 g/mol. The first kappa shape index (κ1) is 12.7. The third-order valence-corrected chi connectivity index (χ3v) is 3.37. The van der Waals surface area contributed by atoms with Crippen molar-refractivity contribution < 1.29 is 5.21 Å². The van der Waals surface area contributed by atoms with Gasteiger partial charge in [0.1, 0.15) is 5.82 Å². The topological polar surface area (TPSA) is 74.7 Å². The van der Waals surface area contributed by atoms with E-state index in [1.165, 1.54) is 0 Å². The molecular formula is C13H20N4O. The number of oxime groups is 1. The molecule has 0 aromatic carbocycles. The zero-order valence-electron chi connectivity index (χ0n) is 11.1. The molecule has 0 radical (unpaired) electrons. The minimum absolute atomic E-state index is 0.113. The predicted octanol–water partition coefficient (Wildman–Crippen LogP) is 1.72. The Morgan fingerprint density at radius 2 is 2.22 bits per heavy atom. The van der Waals surface area contributed by atoms with Crippen molar-refractivity contribution in [2.24, 2.45) is 16.3 Å². The Morgan fingerprint density at radius 1 is 1.50 bits per heavy atom. The molecule has 1 saturated heterocycles. The molecule has 5 heteroatoms. The van der Waals surface area contributed by atoms with Crippen molar-refractivity contribution in [3.05, 3.63) is 23.4 Å². The monoisotopic (exact) mass is 248 g/mol. The maximum absolute atomic E-state index is 8.84. The number of anilines is 1. The number of pyridine rings is 1. The quantitative estimate of drug-likeness (QED) is 0.362. The number of aromatic nitrogens is 1. The Morgan fingerprint density at radius 3 is 2.78 bits per heavy atom. The van der Waals surface area contributed by atoms with Crippen LogP contribution >= 0.6 is 0 Å². The van der Waals surface area contributed by atoms with E-state index in [0.29, 0.717) is 5.56 Å². The highest BCUT2D eigenvalue weighted by atomic mass is 16.4. The van der Waals surface area contributed by atoms with Crippen molar-refractivity contribution in [1.82, 2.24) is 4.98 Å². The zero-order chi connectivity index (χ0) is 13.3. The Hall–Kier alpha value is -1.78. The number of hydrogen-bond acceptors (Lipinski definition) is 4.